The summed E-state index contributed by atoms with van der Waals surface area (Å²) in [6, 6.07) is 9.85. The maximum absolute atomic E-state index is 5.85. The van der Waals surface area contributed by atoms with Gasteiger partial charge in [0, 0.05) is 22.8 Å². The summed E-state index contributed by atoms with van der Waals surface area (Å²) < 4.78 is 23.8. The molecular weight excluding hydrogens is 398 g/mol. The van der Waals surface area contributed by atoms with Gasteiger partial charge in [0.25, 0.3) is 0 Å². The van der Waals surface area contributed by atoms with E-state index in [2.05, 4.69) is 21.2 Å². The quantitative estimate of drug-likeness (QED) is 0.679. The molecular formula is C20H24BrNO4. The van der Waals surface area contributed by atoms with E-state index in [0.717, 1.165) is 38.7 Å². The van der Waals surface area contributed by atoms with Crippen LogP contribution in [0.1, 0.15) is 26.3 Å². The van der Waals surface area contributed by atoms with Gasteiger partial charge in [-0.2, -0.15) is 0 Å². The zero-order valence-corrected chi connectivity index (χ0v) is 16.9. The number of hydrogen-bond acceptors (Lipinski definition) is 5. The SMILES string of the molecule is CCOc1cc(CNc2ccc3c(c2)OCCO3)c(Br)cc1OC(C)C. The van der Waals surface area contributed by atoms with Crippen LogP contribution in [0.15, 0.2) is 34.8 Å². The first-order chi connectivity index (χ1) is 12.6. The predicted octanol–water partition coefficient (Wildman–Crippen LogP) is 5.02. The Bertz CT molecular complexity index is 764. The van der Waals surface area contributed by atoms with E-state index in [1.165, 1.54) is 0 Å². The Morgan fingerprint density at radius 3 is 2.58 bits per heavy atom. The lowest BCUT2D eigenvalue weighted by Gasteiger charge is -2.20. The van der Waals surface area contributed by atoms with Gasteiger partial charge in [-0.25, -0.2) is 0 Å². The summed E-state index contributed by atoms with van der Waals surface area (Å²) in [4.78, 5) is 0. The van der Waals surface area contributed by atoms with Gasteiger partial charge < -0.3 is 24.3 Å². The predicted molar refractivity (Wildman–Crippen MR) is 106 cm³/mol. The molecule has 0 fully saturated rings. The molecule has 0 unspecified atom stereocenters. The highest BCUT2D eigenvalue weighted by Crippen LogP contribution is 2.36. The maximum atomic E-state index is 5.85. The molecule has 0 aromatic heterocycles. The van der Waals surface area contributed by atoms with Gasteiger partial charge in [-0.1, -0.05) is 15.9 Å². The Kier molecular flexibility index (Phi) is 6.14. The summed E-state index contributed by atoms with van der Waals surface area (Å²) in [5.41, 5.74) is 2.06. The summed E-state index contributed by atoms with van der Waals surface area (Å²) in [6.07, 6.45) is 0.0859. The van der Waals surface area contributed by atoms with E-state index in [1.807, 2.05) is 51.1 Å². The van der Waals surface area contributed by atoms with Crippen LogP contribution in [0, 0.1) is 0 Å². The van der Waals surface area contributed by atoms with Crippen LogP contribution in [-0.2, 0) is 6.54 Å². The second kappa shape index (κ2) is 8.54. The number of nitrogens with one attached hydrogen (secondary N) is 1. The van der Waals surface area contributed by atoms with Crippen LogP contribution in [0.5, 0.6) is 23.0 Å². The van der Waals surface area contributed by atoms with E-state index in [0.29, 0.717) is 26.4 Å². The molecule has 140 valence electrons. The maximum Gasteiger partial charge on any atom is 0.163 e. The molecule has 0 radical (unpaired) electrons. The number of benzene rings is 2. The topological polar surface area (TPSA) is 49.0 Å². The van der Waals surface area contributed by atoms with Gasteiger partial charge in [0.15, 0.2) is 23.0 Å². The van der Waals surface area contributed by atoms with Crippen LogP contribution in [0.3, 0.4) is 0 Å². The van der Waals surface area contributed by atoms with Crippen molar-refractivity contribution in [1.29, 1.82) is 0 Å². The number of ether oxygens (including phenoxy) is 4. The summed E-state index contributed by atoms with van der Waals surface area (Å²) in [5.74, 6) is 3.06. The molecule has 3 rings (SSSR count). The monoisotopic (exact) mass is 421 g/mol. The van der Waals surface area contributed by atoms with Gasteiger partial charge in [-0.05, 0) is 50.6 Å². The Labute approximate surface area is 162 Å². The van der Waals surface area contributed by atoms with Crippen molar-refractivity contribution in [2.75, 3.05) is 25.1 Å². The van der Waals surface area contributed by atoms with Crippen LogP contribution in [0.2, 0.25) is 0 Å². The molecule has 0 aliphatic carbocycles. The van der Waals surface area contributed by atoms with Crippen molar-refractivity contribution in [1.82, 2.24) is 0 Å². The highest BCUT2D eigenvalue weighted by atomic mass is 79.9. The summed E-state index contributed by atoms with van der Waals surface area (Å²) in [6.45, 7) is 8.37. The fourth-order valence-corrected chi connectivity index (χ4v) is 3.14. The number of rotatable bonds is 7. The van der Waals surface area contributed by atoms with Crippen molar-refractivity contribution in [3.05, 3.63) is 40.4 Å². The molecule has 0 bridgehead atoms. The molecule has 1 aliphatic rings. The summed E-state index contributed by atoms with van der Waals surface area (Å²) in [5, 5.41) is 3.42. The second-order valence-electron chi connectivity index (χ2n) is 6.20. The Balaban J connectivity index is 1.75. The molecule has 1 N–H and O–H groups in total. The normalized spacial score (nSPS) is 12.8. The minimum atomic E-state index is 0.0859. The van der Waals surface area contributed by atoms with Gasteiger partial charge in [0.2, 0.25) is 0 Å². The van der Waals surface area contributed by atoms with Crippen LogP contribution in [0.4, 0.5) is 5.69 Å². The Morgan fingerprint density at radius 1 is 1.08 bits per heavy atom. The third-order valence-corrected chi connectivity index (χ3v) is 4.54. The van der Waals surface area contributed by atoms with Crippen LogP contribution in [-0.4, -0.2) is 25.9 Å². The zero-order chi connectivity index (χ0) is 18.5. The standard InChI is InChI=1S/C20H24BrNO4/c1-4-23-18-9-14(16(21)11-20(18)26-13(2)3)12-22-15-5-6-17-19(10-15)25-8-7-24-17/h5-6,9-11,13,22H,4,7-8,12H2,1-3H3. The fourth-order valence-electron chi connectivity index (χ4n) is 2.68. The first-order valence-electron chi connectivity index (χ1n) is 8.82. The van der Waals surface area contributed by atoms with Crippen molar-refractivity contribution in [3.63, 3.8) is 0 Å². The molecule has 26 heavy (non-hydrogen) atoms. The van der Waals surface area contributed by atoms with Crippen LogP contribution in [0.25, 0.3) is 0 Å². The van der Waals surface area contributed by atoms with E-state index in [-0.39, 0.29) is 6.10 Å². The van der Waals surface area contributed by atoms with Gasteiger partial charge in [-0.3, -0.25) is 0 Å². The molecule has 0 saturated carbocycles. The highest BCUT2D eigenvalue weighted by Gasteiger charge is 2.14. The molecule has 0 amide bonds. The Hall–Kier alpha value is -2.08. The van der Waals surface area contributed by atoms with E-state index in [1.54, 1.807) is 0 Å². The Morgan fingerprint density at radius 2 is 1.85 bits per heavy atom. The number of fused-ring (bicyclic) bond motifs is 1. The first kappa shape index (κ1) is 18.7. The molecule has 6 heteroatoms. The van der Waals surface area contributed by atoms with E-state index < -0.39 is 0 Å². The lowest BCUT2D eigenvalue weighted by molar-refractivity contribution is 0.171. The molecule has 1 aliphatic heterocycles. The third kappa shape index (κ3) is 4.55. The van der Waals surface area contributed by atoms with Crippen LogP contribution < -0.4 is 24.3 Å². The van der Waals surface area contributed by atoms with E-state index >= 15 is 0 Å². The average Bonchev–Trinajstić information content (AvgIpc) is 2.62. The summed E-state index contributed by atoms with van der Waals surface area (Å²) >= 11 is 3.64. The average molecular weight is 422 g/mol. The van der Waals surface area contributed by atoms with Gasteiger partial charge in [0.1, 0.15) is 13.2 Å². The van der Waals surface area contributed by atoms with Crippen molar-refractivity contribution >= 4 is 21.6 Å². The highest BCUT2D eigenvalue weighted by molar-refractivity contribution is 9.10. The summed E-state index contributed by atoms with van der Waals surface area (Å²) in [7, 11) is 0. The molecule has 1 heterocycles. The van der Waals surface area contributed by atoms with Crippen molar-refractivity contribution in [2.45, 2.75) is 33.4 Å². The molecule has 5 nitrogen and oxygen atoms in total. The van der Waals surface area contributed by atoms with Crippen molar-refractivity contribution in [2.24, 2.45) is 0 Å². The van der Waals surface area contributed by atoms with Gasteiger partial charge >= 0.3 is 0 Å². The van der Waals surface area contributed by atoms with Gasteiger partial charge in [-0.15, -0.1) is 0 Å². The number of hydrogen-bond donors (Lipinski definition) is 1. The van der Waals surface area contributed by atoms with Gasteiger partial charge in [0.05, 0.1) is 12.7 Å². The lowest BCUT2D eigenvalue weighted by atomic mass is 10.2. The van der Waals surface area contributed by atoms with E-state index in [4.69, 9.17) is 18.9 Å². The van der Waals surface area contributed by atoms with E-state index in [9.17, 15) is 0 Å². The van der Waals surface area contributed by atoms with Crippen molar-refractivity contribution in [3.8, 4) is 23.0 Å². The second-order valence-corrected chi connectivity index (χ2v) is 7.06. The third-order valence-electron chi connectivity index (χ3n) is 3.80. The minimum absolute atomic E-state index is 0.0859. The molecule has 0 saturated heterocycles. The van der Waals surface area contributed by atoms with Crippen molar-refractivity contribution < 1.29 is 18.9 Å². The smallest absolute Gasteiger partial charge is 0.163 e. The lowest BCUT2D eigenvalue weighted by Crippen LogP contribution is -2.15. The molecule has 2 aromatic rings. The molecule has 0 atom stereocenters. The molecule has 2 aromatic carbocycles. The fraction of sp³-hybridized carbons (Fsp3) is 0.400. The first-order valence-corrected chi connectivity index (χ1v) is 9.61. The number of halogens is 1. The van der Waals surface area contributed by atoms with Crippen LogP contribution >= 0.6 is 15.9 Å². The minimum Gasteiger partial charge on any atom is -0.490 e. The molecule has 0 spiro atoms. The largest absolute Gasteiger partial charge is 0.490 e. The number of anilines is 1. The zero-order valence-electron chi connectivity index (χ0n) is 15.3.